The lowest BCUT2D eigenvalue weighted by Crippen LogP contribution is -2.58. The Balaban J connectivity index is 2.26. The molecule has 194 valence electrons. The van der Waals surface area contributed by atoms with Crippen LogP contribution in [0.4, 0.5) is 0 Å². The summed E-state index contributed by atoms with van der Waals surface area (Å²) in [6.45, 7) is 4.96. The fraction of sp³-hybridized carbons (Fsp3) is 0.385. The largest absolute Gasteiger partial charge is 0.508 e. The highest BCUT2D eigenvalue weighted by atomic mass is 16.4. The van der Waals surface area contributed by atoms with Crippen LogP contribution < -0.4 is 21.7 Å². The number of hydrogen-bond donors (Lipinski definition) is 6. The van der Waals surface area contributed by atoms with E-state index in [1.807, 2.05) is 0 Å². The quantitative estimate of drug-likeness (QED) is 0.250. The first kappa shape index (κ1) is 28.3. The van der Waals surface area contributed by atoms with Gasteiger partial charge in [0.15, 0.2) is 0 Å². The maximum atomic E-state index is 13.2. The van der Waals surface area contributed by atoms with E-state index in [0.717, 1.165) is 5.56 Å². The number of benzene rings is 2. The Morgan fingerprint density at radius 2 is 1.28 bits per heavy atom. The smallest absolute Gasteiger partial charge is 0.326 e. The molecule has 2 aromatic carbocycles. The fourth-order valence-corrected chi connectivity index (χ4v) is 3.48. The highest BCUT2D eigenvalue weighted by Gasteiger charge is 2.31. The van der Waals surface area contributed by atoms with Crippen molar-refractivity contribution in [2.75, 3.05) is 0 Å². The van der Waals surface area contributed by atoms with Gasteiger partial charge in [-0.1, -0.05) is 56.3 Å². The third kappa shape index (κ3) is 8.70. The van der Waals surface area contributed by atoms with Gasteiger partial charge >= 0.3 is 5.97 Å². The molecule has 0 aliphatic heterocycles. The molecular formula is C26H34N4O6. The SMILES string of the molecule is CC(N)C(=O)NC(C(=O)NC(Cc1ccc(O)cc1)C(=O)NC(Cc1ccccc1)C(=O)O)C(C)C. The molecule has 36 heavy (non-hydrogen) atoms. The molecule has 0 heterocycles. The minimum atomic E-state index is -1.22. The van der Waals surface area contributed by atoms with Crippen LogP contribution >= 0.6 is 0 Å². The zero-order valence-electron chi connectivity index (χ0n) is 20.6. The lowest BCUT2D eigenvalue weighted by molar-refractivity contribution is -0.142. The number of carbonyl (C=O) groups excluding carboxylic acids is 3. The molecule has 0 aliphatic carbocycles. The highest BCUT2D eigenvalue weighted by molar-refractivity contribution is 5.94. The zero-order valence-corrected chi connectivity index (χ0v) is 20.6. The standard InChI is InChI=1S/C26H34N4O6/c1-15(2)22(30-23(32)16(3)27)25(34)28-20(13-18-9-11-19(31)12-10-18)24(33)29-21(26(35)36)14-17-7-5-4-6-8-17/h4-12,15-16,20-22,31H,13-14,27H2,1-3H3,(H,28,34)(H,29,33)(H,30,32)(H,35,36). The number of nitrogens with one attached hydrogen (secondary N) is 3. The van der Waals surface area contributed by atoms with Crippen molar-refractivity contribution >= 4 is 23.7 Å². The number of phenolic OH excluding ortho intramolecular Hbond substituents is 1. The molecule has 3 amide bonds. The molecule has 2 rings (SSSR count). The Kier molecular flexibility index (Phi) is 10.4. The number of aliphatic carboxylic acids is 1. The van der Waals surface area contributed by atoms with Gasteiger partial charge in [-0.25, -0.2) is 4.79 Å². The second-order valence-corrected chi connectivity index (χ2v) is 9.04. The monoisotopic (exact) mass is 498 g/mol. The molecule has 2 aromatic rings. The molecule has 0 saturated heterocycles. The molecule has 0 fully saturated rings. The molecule has 0 spiro atoms. The molecule has 0 radical (unpaired) electrons. The van der Waals surface area contributed by atoms with Crippen molar-refractivity contribution in [3.05, 3.63) is 65.7 Å². The number of carboxylic acids is 1. The van der Waals surface area contributed by atoms with Gasteiger partial charge in [0.05, 0.1) is 6.04 Å². The van der Waals surface area contributed by atoms with Gasteiger partial charge in [0.1, 0.15) is 23.9 Å². The molecule has 10 heteroatoms. The van der Waals surface area contributed by atoms with Crippen molar-refractivity contribution in [2.24, 2.45) is 11.7 Å². The maximum Gasteiger partial charge on any atom is 0.326 e. The normalized spacial score (nSPS) is 14.2. The van der Waals surface area contributed by atoms with Gasteiger partial charge in [0.2, 0.25) is 17.7 Å². The van der Waals surface area contributed by atoms with E-state index < -0.39 is 47.9 Å². The Bertz CT molecular complexity index is 1040. The Hall–Kier alpha value is -3.92. The lowest BCUT2D eigenvalue weighted by Gasteiger charge is -2.27. The van der Waals surface area contributed by atoms with Crippen molar-refractivity contribution in [1.29, 1.82) is 0 Å². The molecule has 10 nitrogen and oxygen atoms in total. The number of phenols is 1. The molecule has 0 aromatic heterocycles. The van der Waals surface area contributed by atoms with Crippen molar-refractivity contribution < 1.29 is 29.4 Å². The van der Waals surface area contributed by atoms with Crippen LogP contribution in [0, 0.1) is 5.92 Å². The topological polar surface area (TPSA) is 171 Å². The van der Waals surface area contributed by atoms with Gasteiger partial charge in [0.25, 0.3) is 0 Å². The maximum absolute atomic E-state index is 13.2. The molecular weight excluding hydrogens is 464 g/mol. The number of carbonyl (C=O) groups is 4. The van der Waals surface area contributed by atoms with E-state index in [1.54, 1.807) is 56.3 Å². The first-order valence-electron chi connectivity index (χ1n) is 11.7. The van der Waals surface area contributed by atoms with Crippen molar-refractivity contribution in [3.63, 3.8) is 0 Å². The highest BCUT2D eigenvalue weighted by Crippen LogP contribution is 2.13. The summed E-state index contributed by atoms with van der Waals surface area (Å²) in [4.78, 5) is 50.3. The summed E-state index contributed by atoms with van der Waals surface area (Å²) >= 11 is 0. The van der Waals surface area contributed by atoms with Crippen LogP contribution in [0.15, 0.2) is 54.6 Å². The number of amides is 3. The van der Waals surface area contributed by atoms with E-state index in [0.29, 0.717) is 5.56 Å². The summed E-state index contributed by atoms with van der Waals surface area (Å²) in [5.41, 5.74) is 6.96. The minimum absolute atomic E-state index is 0.0293. The Morgan fingerprint density at radius 1 is 0.750 bits per heavy atom. The summed E-state index contributed by atoms with van der Waals surface area (Å²) in [6, 6.07) is 10.8. The third-order valence-corrected chi connectivity index (χ3v) is 5.57. The predicted molar refractivity (Wildman–Crippen MR) is 134 cm³/mol. The fourth-order valence-electron chi connectivity index (χ4n) is 3.48. The van der Waals surface area contributed by atoms with Crippen LogP contribution in [0.2, 0.25) is 0 Å². The first-order chi connectivity index (χ1) is 17.0. The molecule has 0 aliphatic rings. The molecule has 4 unspecified atom stereocenters. The summed E-state index contributed by atoms with van der Waals surface area (Å²) in [6.07, 6.45) is 0.0858. The number of rotatable bonds is 12. The Labute approximate surface area is 210 Å². The lowest BCUT2D eigenvalue weighted by atomic mass is 10.00. The zero-order chi connectivity index (χ0) is 26.8. The summed E-state index contributed by atoms with van der Waals surface area (Å²) in [7, 11) is 0. The number of nitrogens with two attached hydrogens (primary N) is 1. The van der Waals surface area contributed by atoms with E-state index >= 15 is 0 Å². The van der Waals surface area contributed by atoms with Crippen LogP contribution in [0.1, 0.15) is 31.9 Å². The van der Waals surface area contributed by atoms with E-state index in [9.17, 15) is 29.4 Å². The van der Waals surface area contributed by atoms with E-state index in [1.165, 1.54) is 19.1 Å². The summed E-state index contributed by atoms with van der Waals surface area (Å²) in [5.74, 6) is -3.30. The number of aromatic hydroxyl groups is 1. The van der Waals surface area contributed by atoms with Gasteiger partial charge < -0.3 is 31.9 Å². The third-order valence-electron chi connectivity index (χ3n) is 5.57. The van der Waals surface area contributed by atoms with E-state index in [4.69, 9.17) is 5.73 Å². The van der Waals surface area contributed by atoms with Gasteiger partial charge in [-0.2, -0.15) is 0 Å². The van der Waals surface area contributed by atoms with Crippen molar-refractivity contribution in [1.82, 2.24) is 16.0 Å². The number of carboxylic acid groups (broad SMARTS) is 1. The van der Waals surface area contributed by atoms with Crippen molar-refractivity contribution in [3.8, 4) is 5.75 Å². The second-order valence-electron chi connectivity index (χ2n) is 9.04. The van der Waals surface area contributed by atoms with Gasteiger partial charge in [0, 0.05) is 12.8 Å². The van der Waals surface area contributed by atoms with Gasteiger partial charge in [-0.15, -0.1) is 0 Å². The average molecular weight is 499 g/mol. The molecule has 0 bridgehead atoms. The minimum Gasteiger partial charge on any atom is -0.508 e. The summed E-state index contributed by atoms with van der Waals surface area (Å²) < 4.78 is 0. The number of hydrogen-bond acceptors (Lipinski definition) is 6. The molecule has 7 N–H and O–H groups in total. The van der Waals surface area contributed by atoms with Crippen LogP contribution in [0.25, 0.3) is 0 Å². The Morgan fingerprint density at radius 3 is 1.81 bits per heavy atom. The van der Waals surface area contributed by atoms with Gasteiger partial charge in [-0.3, -0.25) is 14.4 Å². The van der Waals surface area contributed by atoms with Crippen molar-refractivity contribution in [2.45, 2.75) is 57.8 Å². The average Bonchev–Trinajstić information content (AvgIpc) is 2.82. The van der Waals surface area contributed by atoms with Crippen LogP contribution in [0.5, 0.6) is 5.75 Å². The summed E-state index contributed by atoms with van der Waals surface area (Å²) in [5, 5.41) is 27.0. The van der Waals surface area contributed by atoms with Crippen LogP contribution in [-0.4, -0.2) is 58.1 Å². The van der Waals surface area contributed by atoms with E-state index in [-0.39, 0.29) is 24.5 Å². The first-order valence-corrected chi connectivity index (χ1v) is 11.7. The van der Waals surface area contributed by atoms with Crippen LogP contribution in [-0.2, 0) is 32.0 Å². The van der Waals surface area contributed by atoms with E-state index in [2.05, 4.69) is 16.0 Å². The second kappa shape index (κ2) is 13.2. The molecule has 0 saturated carbocycles. The van der Waals surface area contributed by atoms with Gasteiger partial charge in [-0.05, 0) is 36.1 Å². The predicted octanol–water partition coefficient (Wildman–Crippen LogP) is 0.720. The van der Waals surface area contributed by atoms with Crippen LogP contribution in [0.3, 0.4) is 0 Å². The molecule has 4 atom stereocenters.